The van der Waals surface area contributed by atoms with Crippen molar-refractivity contribution in [1.82, 2.24) is 0 Å². The molecule has 0 rings (SSSR count). The molecular formula is C7H15N3OS. The van der Waals surface area contributed by atoms with Gasteiger partial charge >= 0.3 is 0 Å². The molecule has 0 fully saturated rings. The van der Waals surface area contributed by atoms with Crippen LogP contribution >= 0.6 is 0 Å². The molecular weight excluding hydrogens is 174 g/mol. The number of hydrogen-bond acceptors (Lipinski definition) is 2. The minimum atomic E-state index is -0.737. The van der Waals surface area contributed by atoms with Crippen molar-refractivity contribution in [3.05, 3.63) is 10.4 Å². The summed E-state index contributed by atoms with van der Waals surface area (Å²) in [7, 11) is -0.737. The molecule has 0 radical (unpaired) electrons. The van der Waals surface area contributed by atoms with E-state index in [0.717, 1.165) is 12.2 Å². The smallest absolute Gasteiger partial charge is 0.0266 e. The van der Waals surface area contributed by atoms with Crippen LogP contribution in [0.5, 0.6) is 0 Å². The summed E-state index contributed by atoms with van der Waals surface area (Å²) in [6.45, 7) is 4.55. The highest BCUT2D eigenvalue weighted by molar-refractivity contribution is 7.84. The summed E-state index contributed by atoms with van der Waals surface area (Å²) >= 11 is 0. The Morgan fingerprint density at radius 1 is 1.58 bits per heavy atom. The standard InChI is InChI=1S/C7H15N3OS/c1-7(2)6-12(11)5-3-4-9-10-8/h7H,3-6H2,1-2H3. The number of rotatable bonds is 6. The van der Waals surface area contributed by atoms with Crippen LogP contribution < -0.4 is 0 Å². The quantitative estimate of drug-likeness (QED) is 0.273. The molecule has 1 atom stereocenters. The van der Waals surface area contributed by atoms with Gasteiger partial charge in [0.05, 0.1) is 0 Å². The fraction of sp³-hybridized carbons (Fsp3) is 1.00. The SMILES string of the molecule is CC(C)CS(=O)CCCN=[N+]=[N-]. The monoisotopic (exact) mass is 189 g/mol. The molecule has 0 aromatic carbocycles. The summed E-state index contributed by atoms with van der Waals surface area (Å²) in [5.74, 6) is 1.87. The third-order valence-electron chi connectivity index (χ3n) is 1.21. The molecule has 70 valence electrons. The van der Waals surface area contributed by atoms with Crippen LogP contribution in [-0.4, -0.2) is 22.3 Å². The maximum absolute atomic E-state index is 11.2. The molecule has 0 heterocycles. The predicted molar refractivity (Wildman–Crippen MR) is 51.3 cm³/mol. The average molecular weight is 189 g/mol. The first-order valence-electron chi connectivity index (χ1n) is 4.02. The van der Waals surface area contributed by atoms with Crippen molar-refractivity contribution >= 4 is 10.8 Å². The highest BCUT2D eigenvalue weighted by Crippen LogP contribution is 1.97. The lowest BCUT2D eigenvalue weighted by Gasteiger charge is -2.02. The van der Waals surface area contributed by atoms with Crippen LogP contribution in [0.2, 0.25) is 0 Å². The molecule has 0 N–H and O–H groups in total. The maximum atomic E-state index is 11.2. The third kappa shape index (κ3) is 7.57. The maximum Gasteiger partial charge on any atom is 0.0266 e. The van der Waals surface area contributed by atoms with Gasteiger partial charge in [0.25, 0.3) is 0 Å². The molecule has 0 spiro atoms. The zero-order valence-corrected chi connectivity index (χ0v) is 8.38. The molecule has 4 nitrogen and oxygen atoms in total. The molecule has 0 aromatic rings. The predicted octanol–water partition coefficient (Wildman–Crippen LogP) is 2.09. The second kappa shape index (κ2) is 7.13. The summed E-state index contributed by atoms with van der Waals surface area (Å²) in [5, 5.41) is 3.37. The van der Waals surface area contributed by atoms with Crippen molar-refractivity contribution in [2.45, 2.75) is 20.3 Å². The van der Waals surface area contributed by atoms with Crippen molar-refractivity contribution in [2.24, 2.45) is 11.0 Å². The molecule has 0 amide bonds. The van der Waals surface area contributed by atoms with Gasteiger partial charge in [0.15, 0.2) is 0 Å². The lowest BCUT2D eigenvalue weighted by atomic mass is 10.3. The van der Waals surface area contributed by atoms with Crippen LogP contribution in [0.15, 0.2) is 5.11 Å². The first-order valence-corrected chi connectivity index (χ1v) is 5.51. The van der Waals surface area contributed by atoms with E-state index < -0.39 is 10.8 Å². The van der Waals surface area contributed by atoms with Gasteiger partial charge in [-0.2, -0.15) is 0 Å². The molecule has 0 saturated heterocycles. The molecule has 0 aliphatic heterocycles. The second-order valence-corrected chi connectivity index (χ2v) is 4.63. The lowest BCUT2D eigenvalue weighted by Crippen LogP contribution is -2.08. The topological polar surface area (TPSA) is 65.8 Å². The number of azide groups is 1. The molecule has 0 saturated carbocycles. The number of hydrogen-bond donors (Lipinski definition) is 0. The van der Waals surface area contributed by atoms with E-state index in [9.17, 15) is 4.21 Å². The highest BCUT2D eigenvalue weighted by Gasteiger charge is 2.01. The van der Waals surface area contributed by atoms with E-state index >= 15 is 0 Å². The van der Waals surface area contributed by atoms with E-state index in [-0.39, 0.29) is 0 Å². The van der Waals surface area contributed by atoms with Crippen molar-refractivity contribution in [1.29, 1.82) is 0 Å². The second-order valence-electron chi connectivity index (χ2n) is 3.01. The van der Waals surface area contributed by atoms with Gasteiger partial charge in [-0.15, -0.1) is 0 Å². The van der Waals surface area contributed by atoms with Gasteiger partial charge < -0.3 is 0 Å². The summed E-state index contributed by atoms with van der Waals surface area (Å²) < 4.78 is 11.2. The minimum Gasteiger partial charge on any atom is -0.260 e. The van der Waals surface area contributed by atoms with E-state index in [1.165, 1.54) is 0 Å². The molecule has 12 heavy (non-hydrogen) atoms. The van der Waals surface area contributed by atoms with Gasteiger partial charge in [-0.05, 0) is 17.9 Å². The van der Waals surface area contributed by atoms with E-state index in [4.69, 9.17) is 5.53 Å². The summed E-state index contributed by atoms with van der Waals surface area (Å²) in [5.41, 5.74) is 7.96. The first kappa shape index (κ1) is 11.5. The van der Waals surface area contributed by atoms with Crippen LogP contribution in [0.4, 0.5) is 0 Å². The van der Waals surface area contributed by atoms with Crippen LogP contribution in [0.3, 0.4) is 0 Å². The lowest BCUT2D eigenvalue weighted by molar-refractivity contribution is 0.662. The molecule has 1 unspecified atom stereocenters. The summed E-state index contributed by atoms with van der Waals surface area (Å²) in [6.07, 6.45) is 0.726. The third-order valence-corrected chi connectivity index (χ3v) is 3.00. The van der Waals surface area contributed by atoms with Crippen LogP contribution in [0, 0.1) is 5.92 Å². The Hall–Kier alpha value is -0.540. The normalized spacial score (nSPS) is 12.6. The molecule has 0 bridgehead atoms. The largest absolute Gasteiger partial charge is 0.260 e. The summed E-state index contributed by atoms with van der Waals surface area (Å²) in [4.78, 5) is 2.62. The van der Waals surface area contributed by atoms with Gasteiger partial charge in [-0.1, -0.05) is 19.0 Å². The van der Waals surface area contributed by atoms with Gasteiger partial charge in [-0.25, -0.2) is 0 Å². The van der Waals surface area contributed by atoms with Gasteiger partial charge in [0, 0.05) is 33.8 Å². The fourth-order valence-corrected chi connectivity index (χ4v) is 2.16. The Balaban J connectivity index is 3.37. The zero-order chi connectivity index (χ0) is 9.40. The van der Waals surface area contributed by atoms with Crippen LogP contribution in [0.25, 0.3) is 10.4 Å². The van der Waals surface area contributed by atoms with Crippen molar-refractivity contribution in [2.75, 3.05) is 18.1 Å². The Bertz CT molecular complexity index is 187. The Morgan fingerprint density at radius 2 is 2.25 bits per heavy atom. The molecule has 0 aromatic heterocycles. The number of nitrogens with zero attached hydrogens (tertiary/aromatic N) is 3. The van der Waals surface area contributed by atoms with Gasteiger partial charge in [-0.3, -0.25) is 4.21 Å². The van der Waals surface area contributed by atoms with Crippen molar-refractivity contribution in [3.8, 4) is 0 Å². The molecule has 0 aliphatic carbocycles. The van der Waals surface area contributed by atoms with E-state index in [1.807, 2.05) is 13.8 Å². The van der Waals surface area contributed by atoms with Crippen molar-refractivity contribution < 1.29 is 4.21 Å². The average Bonchev–Trinajstić information content (AvgIpc) is 1.97. The van der Waals surface area contributed by atoms with E-state index in [1.54, 1.807) is 0 Å². The Kier molecular flexibility index (Phi) is 6.81. The molecule has 0 aliphatic rings. The van der Waals surface area contributed by atoms with Crippen molar-refractivity contribution in [3.63, 3.8) is 0 Å². The van der Waals surface area contributed by atoms with Crippen LogP contribution in [-0.2, 0) is 10.8 Å². The van der Waals surface area contributed by atoms with E-state index in [2.05, 4.69) is 10.0 Å². The Labute approximate surface area is 75.4 Å². The summed E-state index contributed by atoms with van der Waals surface area (Å²) in [6, 6.07) is 0. The molecule has 5 heteroatoms. The van der Waals surface area contributed by atoms with E-state index in [0.29, 0.717) is 18.2 Å². The first-order chi connectivity index (χ1) is 5.66. The van der Waals surface area contributed by atoms with Gasteiger partial charge in [0.1, 0.15) is 0 Å². The Morgan fingerprint density at radius 3 is 2.75 bits per heavy atom. The van der Waals surface area contributed by atoms with Crippen LogP contribution in [0.1, 0.15) is 20.3 Å². The van der Waals surface area contributed by atoms with Gasteiger partial charge in [0.2, 0.25) is 0 Å². The zero-order valence-electron chi connectivity index (χ0n) is 7.56. The minimum absolute atomic E-state index is 0.459. The highest BCUT2D eigenvalue weighted by atomic mass is 32.2. The fourth-order valence-electron chi connectivity index (χ4n) is 0.796.